The fourth-order valence-corrected chi connectivity index (χ4v) is 5.02. The highest BCUT2D eigenvalue weighted by molar-refractivity contribution is 6.31. The van der Waals surface area contributed by atoms with E-state index in [2.05, 4.69) is 4.74 Å². The lowest BCUT2D eigenvalue weighted by Crippen LogP contribution is -2.33. The molecule has 0 amide bonds. The van der Waals surface area contributed by atoms with Crippen LogP contribution in [0.15, 0.2) is 84.9 Å². The summed E-state index contributed by atoms with van der Waals surface area (Å²) in [5.74, 6) is 0.199. The maximum atomic E-state index is 14.1. The second kappa shape index (κ2) is 13.4. The van der Waals surface area contributed by atoms with Gasteiger partial charge in [0, 0.05) is 33.9 Å². The predicted octanol–water partition coefficient (Wildman–Crippen LogP) is 10.0. The average molecular weight is 644 g/mol. The normalized spacial score (nSPS) is 12.6. The molecule has 0 bridgehead atoms. The van der Waals surface area contributed by atoms with Crippen LogP contribution in [0, 0.1) is 0 Å². The van der Waals surface area contributed by atoms with Crippen molar-refractivity contribution in [1.29, 1.82) is 0 Å². The van der Waals surface area contributed by atoms with Gasteiger partial charge in [0.2, 0.25) is 0 Å². The summed E-state index contributed by atoms with van der Waals surface area (Å²) in [5, 5.41) is 10.9. The van der Waals surface area contributed by atoms with Crippen molar-refractivity contribution in [3.05, 3.63) is 117 Å². The number of aliphatic hydroxyl groups excluding tert-OH is 1. The second-order valence-corrected chi connectivity index (χ2v) is 10.3. The number of hydrogen-bond donors (Lipinski definition) is 1. The van der Waals surface area contributed by atoms with E-state index in [-0.39, 0.29) is 34.1 Å². The molecular weight excluding hydrogens is 619 g/mol. The number of ether oxygens (including phenoxy) is 2. The number of alkyl halides is 6. The summed E-state index contributed by atoms with van der Waals surface area (Å²) in [4.78, 5) is 1.35. The van der Waals surface area contributed by atoms with Gasteiger partial charge in [-0.3, -0.25) is 0 Å². The summed E-state index contributed by atoms with van der Waals surface area (Å²) in [6, 6.07) is 18.3. The molecule has 0 aromatic heterocycles. The van der Waals surface area contributed by atoms with Gasteiger partial charge in [0.25, 0.3) is 0 Å². The molecule has 0 saturated carbocycles. The molecule has 1 N–H and O–H groups in total. The van der Waals surface area contributed by atoms with Gasteiger partial charge in [0.05, 0.1) is 18.2 Å². The van der Waals surface area contributed by atoms with Crippen molar-refractivity contribution >= 4 is 28.9 Å². The van der Waals surface area contributed by atoms with Crippen LogP contribution in [0.2, 0.25) is 10.0 Å². The smallest absolute Gasteiger partial charge is 0.457 e. The maximum absolute atomic E-state index is 14.1. The zero-order valence-electron chi connectivity index (χ0n) is 22.5. The van der Waals surface area contributed by atoms with Crippen molar-refractivity contribution in [1.82, 2.24) is 0 Å². The van der Waals surface area contributed by atoms with Gasteiger partial charge in [-0.25, -0.2) is 0 Å². The number of anilines is 1. The maximum Gasteiger partial charge on any atom is 0.573 e. The number of halogens is 8. The third-order valence-electron chi connectivity index (χ3n) is 6.55. The number of aliphatic hydroxyl groups is 1. The Morgan fingerprint density at radius 2 is 1.53 bits per heavy atom. The first kappa shape index (κ1) is 32.3. The molecule has 4 aromatic rings. The second-order valence-electron chi connectivity index (χ2n) is 9.42. The molecule has 4 nitrogen and oxygen atoms in total. The van der Waals surface area contributed by atoms with Crippen LogP contribution >= 0.6 is 23.2 Å². The first-order valence-electron chi connectivity index (χ1n) is 12.9. The Morgan fingerprint density at radius 1 is 0.814 bits per heavy atom. The third-order valence-corrected chi connectivity index (χ3v) is 7.15. The van der Waals surface area contributed by atoms with Gasteiger partial charge in [-0.15, -0.1) is 13.2 Å². The van der Waals surface area contributed by atoms with Crippen LogP contribution in [-0.4, -0.2) is 18.1 Å². The van der Waals surface area contributed by atoms with E-state index in [1.54, 1.807) is 36.4 Å². The molecule has 1 atom stereocenters. The fourth-order valence-electron chi connectivity index (χ4n) is 4.60. The Balaban J connectivity index is 1.83. The summed E-state index contributed by atoms with van der Waals surface area (Å²) >= 11 is 12.1. The van der Waals surface area contributed by atoms with Gasteiger partial charge in [-0.05, 0) is 66.1 Å². The molecule has 4 aromatic carbocycles. The summed E-state index contributed by atoms with van der Waals surface area (Å²) in [6.45, 7) is 0.724. The zero-order chi connectivity index (χ0) is 31.4. The van der Waals surface area contributed by atoms with Crippen molar-refractivity contribution < 1.29 is 40.9 Å². The minimum Gasteiger partial charge on any atom is -0.457 e. The molecule has 0 radical (unpaired) electrons. The van der Waals surface area contributed by atoms with Crippen LogP contribution in [0.3, 0.4) is 0 Å². The van der Waals surface area contributed by atoms with Crippen LogP contribution < -0.4 is 14.4 Å². The minimum atomic E-state index is -5.01. The lowest BCUT2D eigenvalue weighted by Gasteiger charge is -2.35. The fraction of sp³-hybridized carbons (Fsp3) is 0.226. The third kappa shape index (κ3) is 8.28. The lowest BCUT2D eigenvalue weighted by atomic mass is 9.97. The highest BCUT2D eigenvalue weighted by atomic mass is 35.5. The molecule has 0 heterocycles. The van der Waals surface area contributed by atoms with E-state index in [4.69, 9.17) is 27.9 Å². The SMILES string of the molecule is CCc1cc(Oc2cccc(N(Cc3ccccc3OC(F)(F)F)C(CO)c3ccc(Cl)cc3C(F)(F)F)c2)ccc1Cl. The minimum absolute atomic E-state index is 0.0115. The number of hydrogen-bond acceptors (Lipinski definition) is 4. The average Bonchev–Trinajstić information content (AvgIpc) is 2.94. The van der Waals surface area contributed by atoms with Crippen molar-refractivity contribution in [3.63, 3.8) is 0 Å². The molecule has 43 heavy (non-hydrogen) atoms. The van der Waals surface area contributed by atoms with Crippen molar-refractivity contribution in [2.45, 2.75) is 38.5 Å². The van der Waals surface area contributed by atoms with Gasteiger partial charge in [0.15, 0.2) is 0 Å². The van der Waals surface area contributed by atoms with Gasteiger partial charge >= 0.3 is 12.5 Å². The molecule has 4 rings (SSSR count). The van der Waals surface area contributed by atoms with E-state index >= 15 is 0 Å². The van der Waals surface area contributed by atoms with Gasteiger partial charge < -0.3 is 19.5 Å². The van der Waals surface area contributed by atoms with E-state index in [1.807, 2.05) is 6.92 Å². The number of para-hydroxylation sites is 1. The Morgan fingerprint density at radius 3 is 2.21 bits per heavy atom. The van der Waals surface area contributed by atoms with E-state index in [0.717, 1.165) is 23.8 Å². The Hall–Kier alpha value is -3.60. The molecular formula is C31H25Cl2F6NO3. The monoisotopic (exact) mass is 643 g/mol. The van der Waals surface area contributed by atoms with E-state index in [1.165, 1.54) is 35.2 Å². The highest BCUT2D eigenvalue weighted by Crippen LogP contribution is 2.41. The Labute approximate surface area is 254 Å². The standard InChI is InChI=1S/C31H25Cl2F6NO3/c1-2-19-14-24(11-13-27(19)33)42-23-8-5-7-22(16-23)40(17-20-6-3-4-9-29(20)43-31(37,38)39)28(18-41)25-12-10-21(32)15-26(25)30(34,35)36/h3-16,28,41H,2,17-18H2,1H3. The predicted molar refractivity (Wildman–Crippen MR) is 153 cm³/mol. The number of aryl methyl sites for hydroxylation is 1. The van der Waals surface area contributed by atoms with Crippen molar-refractivity contribution in [3.8, 4) is 17.2 Å². The Bertz CT molecular complexity index is 1560. The molecule has 12 heteroatoms. The van der Waals surface area contributed by atoms with Gasteiger partial charge in [-0.2, -0.15) is 13.2 Å². The number of nitrogens with zero attached hydrogens (tertiary/aromatic N) is 1. The highest BCUT2D eigenvalue weighted by Gasteiger charge is 2.38. The van der Waals surface area contributed by atoms with Crippen molar-refractivity contribution in [2.24, 2.45) is 0 Å². The molecule has 228 valence electrons. The molecule has 0 fully saturated rings. The number of benzene rings is 4. The topological polar surface area (TPSA) is 41.9 Å². The largest absolute Gasteiger partial charge is 0.573 e. The summed E-state index contributed by atoms with van der Waals surface area (Å²) in [7, 11) is 0. The molecule has 0 aliphatic heterocycles. The Kier molecular flexibility index (Phi) is 10.0. The molecule has 0 aliphatic rings. The zero-order valence-corrected chi connectivity index (χ0v) is 24.0. The van der Waals surface area contributed by atoms with Gasteiger partial charge in [0.1, 0.15) is 17.2 Å². The van der Waals surface area contributed by atoms with E-state index < -0.39 is 36.5 Å². The lowest BCUT2D eigenvalue weighted by molar-refractivity contribution is -0.274. The van der Waals surface area contributed by atoms with E-state index in [9.17, 15) is 31.4 Å². The van der Waals surface area contributed by atoms with Crippen LogP contribution in [0.25, 0.3) is 0 Å². The van der Waals surface area contributed by atoms with Crippen molar-refractivity contribution in [2.75, 3.05) is 11.5 Å². The van der Waals surface area contributed by atoms with Crippen LogP contribution in [-0.2, 0) is 19.1 Å². The van der Waals surface area contributed by atoms with Gasteiger partial charge in [-0.1, -0.05) is 60.5 Å². The van der Waals surface area contributed by atoms with Crippen LogP contribution in [0.5, 0.6) is 17.2 Å². The quantitative estimate of drug-likeness (QED) is 0.175. The summed E-state index contributed by atoms with van der Waals surface area (Å²) in [6.07, 6.45) is -9.21. The summed E-state index contributed by atoms with van der Waals surface area (Å²) in [5.41, 5.74) is -0.320. The molecule has 1 unspecified atom stereocenters. The first-order valence-corrected chi connectivity index (χ1v) is 13.7. The summed E-state index contributed by atoms with van der Waals surface area (Å²) < 4.78 is 92.2. The van der Waals surface area contributed by atoms with Crippen LogP contribution in [0.1, 0.15) is 35.2 Å². The molecule has 0 aliphatic carbocycles. The first-order chi connectivity index (χ1) is 20.3. The van der Waals surface area contributed by atoms with E-state index in [0.29, 0.717) is 17.2 Å². The molecule has 0 spiro atoms. The number of rotatable bonds is 10. The molecule has 0 saturated heterocycles. The van der Waals surface area contributed by atoms with Crippen LogP contribution in [0.4, 0.5) is 32.0 Å².